The minimum Gasteiger partial charge on any atom is -0.489 e. The number of ether oxygens (including phenoxy) is 1. The van der Waals surface area contributed by atoms with E-state index < -0.39 is 18.6 Å². The SMILES string of the molecule is CC(C)Oc1ccc(C(F)C(O)C(F)n2cnnn2)nc1. The summed E-state index contributed by atoms with van der Waals surface area (Å²) in [6, 6.07) is 2.84. The molecule has 2 aromatic rings. The summed E-state index contributed by atoms with van der Waals surface area (Å²) >= 11 is 0. The average Bonchev–Trinajstić information content (AvgIpc) is 2.99. The van der Waals surface area contributed by atoms with Crippen LogP contribution in [0.15, 0.2) is 24.7 Å². The van der Waals surface area contributed by atoms with Crippen molar-refractivity contribution in [1.82, 2.24) is 25.2 Å². The van der Waals surface area contributed by atoms with Crippen molar-refractivity contribution < 1.29 is 18.6 Å². The van der Waals surface area contributed by atoms with E-state index in [0.29, 0.717) is 10.4 Å². The maximum atomic E-state index is 14.1. The molecule has 2 aromatic heterocycles. The molecule has 0 saturated heterocycles. The summed E-state index contributed by atoms with van der Waals surface area (Å²) in [5.74, 6) is 0.465. The Morgan fingerprint density at radius 1 is 1.29 bits per heavy atom. The van der Waals surface area contributed by atoms with Gasteiger partial charge in [-0.15, -0.1) is 5.10 Å². The first-order chi connectivity index (χ1) is 9.99. The molecule has 0 bridgehead atoms. The van der Waals surface area contributed by atoms with Crippen molar-refractivity contribution in [3.05, 3.63) is 30.4 Å². The van der Waals surface area contributed by atoms with Crippen LogP contribution in [0.4, 0.5) is 8.78 Å². The van der Waals surface area contributed by atoms with Crippen molar-refractivity contribution in [2.75, 3.05) is 0 Å². The second-order valence-electron chi connectivity index (χ2n) is 4.64. The van der Waals surface area contributed by atoms with Crippen molar-refractivity contribution in [1.29, 1.82) is 0 Å². The number of pyridine rings is 1. The van der Waals surface area contributed by atoms with Gasteiger partial charge in [0.1, 0.15) is 18.2 Å². The summed E-state index contributed by atoms with van der Waals surface area (Å²) in [4.78, 5) is 3.83. The highest BCUT2D eigenvalue weighted by Crippen LogP contribution is 2.28. The molecule has 0 aliphatic heterocycles. The van der Waals surface area contributed by atoms with Gasteiger partial charge in [-0.25, -0.2) is 8.78 Å². The van der Waals surface area contributed by atoms with Crippen molar-refractivity contribution in [2.45, 2.75) is 38.5 Å². The summed E-state index contributed by atoms with van der Waals surface area (Å²) < 4.78 is 33.9. The van der Waals surface area contributed by atoms with Crippen LogP contribution in [0.25, 0.3) is 0 Å². The third-order valence-electron chi connectivity index (χ3n) is 2.61. The smallest absolute Gasteiger partial charge is 0.224 e. The first kappa shape index (κ1) is 15.2. The van der Waals surface area contributed by atoms with Gasteiger partial charge < -0.3 is 9.84 Å². The van der Waals surface area contributed by atoms with Gasteiger partial charge in [0, 0.05) is 0 Å². The predicted molar refractivity (Wildman–Crippen MR) is 67.8 cm³/mol. The van der Waals surface area contributed by atoms with Gasteiger partial charge >= 0.3 is 0 Å². The Morgan fingerprint density at radius 3 is 2.57 bits per heavy atom. The van der Waals surface area contributed by atoms with E-state index in [-0.39, 0.29) is 11.8 Å². The molecule has 3 atom stereocenters. The topological polar surface area (TPSA) is 86.0 Å². The molecule has 114 valence electrons. The van der Waals surface area contributed by atoms with Crippen LogP contribution < -0.4 is 4.74 Å². The predicted octanol–water partition coefficient (Wildman–Crippen LogP) is 1.40. The molecule has 3 unspecified atom stereocenters. The van der Waals surface area contributed by atoms with Gasteiger partial charge in [-0.2, -0.15) is 4.68 Å². The Bertz CT molecular complexity index is 549. The molecule has 7 nitrogen and oxygen atoms in total. The number of rotatable bonds is 6. The van der Waals surface area contributed by atoms with E-state index in [9.17, 15) is 13.9 Å². The number of alkyl halides is 2. The number of aliphatic hydroxyl groups is 1. The molecule has 0 saturated carbocycles. The zero-order valence-electron chi connectivity index (χ0n) is 11.5. The van der Waals surface area contributed by atoms with E-state index in [1.54, 1.807) is 0 Å². The fraction of sp³-hybridized carbons (Fsp3) is 0.500. The highest BCUT2D eigenvalue weighted by Gasteiger charge is 2.32. The Hall–Kier alpha value is -2.16. The van der Waals surface area contributed by atoms with Crippen LogP contribution >= 0.6 is 0 Å². The molecular formula is C12H15F2N5O2. The van der Waals surface area contributed by atoms with Crippen molar-refractivity contribution in [3.8, 4) is 5.75 Å². The van der Waals surface area contributed by atoms with Gasteiger partial charge in [0.2, 0.25) is 6.30 Å². The molecule has 0 amide bonds. The van der Waals surface area contributed by atoms with Crippen molar-refractivity contribution >= 4 is 0 Å². The Morgan fingerprint density at radius 2 is 2.05 bits per heavy atom. The van der Waals surface area contributed by atoms with Crippen LogP contribution in [0.2, 0.25) is 0 Å². The van der Waals surface area contributed by atoms with Gasteiger partial charge in [0.25, 0.3) is 0 Å². The van der Waals surface area contributed by atoms with Crippen LogP contribution in [0.1, 0.15) is 32.0 Å². The lowest BCUT2D eigenvalue weighted by molar-refractivity contribution is -0.0295. The lowest BCUT2D eigenvalue weighted by Crippen LogP contribution is -2.26. The number of hydrogen-bond donors (Lipinski definition) is 1. The van der Waals surface area contributed by atoms with Gasteiger partial charge in [0.05, 0.1) is 18.0 Å². The van der Waals surface area contributed by atoms with Crippen LogP contribution in [0, 0.1) is 0 Å². The third kappa shape index (κ3) is 3.69. The second kappa shape index (κ2) is 6.53. The quantitative estimate of drug-likeness (QED) is 0.867. The molecule has 0 spiro atoms. The summed E-state index contributed by atoms with van der Waals surface area (Å²) in [7, 11) is 0. The van der Waals surface area contributed by atoms with Crippen LogP contribution in [-0.2, 0) is 0 Å². The molecule has 0 aliphatic rings. The highest BCUT2D eigenvalue weighted by molar-refractivity contribution is 5.21. The zero-order chi connectivity index (χ0) is 15.4. The number of aliphatic hydroxyl groups excluding tert-OH is 1. The standard InChI is InChI=1S/C12H15F2N5O2/c1-7(2)21-8-3-4-9(15-5-8)10(13)11(20)12(14)19-6-16-17-18-19/h3-7,10-12,20H,1-2H3. The molecule has 9 heteroatoms. The summed E-state index contributed by atoms with van der Waals surface area (Å²) in [6.45, 7) is 3.69. The van der Waals surface area contributed by atoms with E-state index in [1.807, 2.05) is 13.8 Å². The largest absolute Gasteiger partial charge is 0.489 e. The highest BCUT2D eigenvalue weighted by atomic mass is 19.1. The summed E-state index contributed by atoms with van der Waals surface area (Å²) in [5.41, 5.74) is -0.102. The van der Waals surface area contributed by atoms with Crippen LogP contribution in [0.3, 0.4) is 0 Å². The number of nitrogens with zero attached hydrogens (tertiary/aromatic N) is 5. The van der Waals surface area contributed by atoms with Crippen molar-refractivity contribution in [3.63, 3.8) is 0 Å². The first-order valence-electron chi connectivity index (χ1n) is 6.30. The molecular weight excluding hydrogens is 284 g/mol. The number of hydrogen-bond acceptors (Lipinski definition) is 6. The number of halogens is 2. The minimum absolute atomic E-state index is 0.0422. The van der Waals surface area contributed by atoms with E-state index in [2.05, 4.69) is 20.5 Å². The molecule has 2 heterocycles. The summed E-state index contributed by atoms with van der Waals surface area (Å²) in [6.07, 6.45) is -3.87. The lowest BCUT2D eigenvalue weighted by Gasteiger charge is -2.19. The number of tetrazole rings is 1. The van der Waals surface area contributed by atoms with E-state index in [4.69, 9.17) is 4.74 Å². The molecule has 0 fully saturated rings. The van der Waals surface area contributed by atoms with Gasteiger partial charge in [0.15, 0.2) is 6.17 Å². The Labute approximate surface area is 119 Å². The molecule has 0 radical (unpaired) electrons. The van der Waals surface area contributed by atoms with Crippen molar-refractivity contribution in [2.24, 2.45) is 0 Å². The molecule has 0 aliphatic carbocycles. The summed E-state index contributed by atoms with van der Waals surface area (Å²) in [5, 5.41) is 19.4. The van der Waals surface area contributed by atoms with Crippen LogP contribution in [0.5, 0.6) is 5.75 Å². The monoisotopic (exact) mass is 299 g/mol. The fourth-order valence-electron chi connectivity index (χ4n) is 1.65. The molecule has 2 rings (SSSR count). The second-order valence-corrected chi connectivity index (χ2v) is 4.64. The van der Waals surface area contributed by atoms with Gasteiger partial charge in [-0.1, -0.05) is 0 Å². The van der Waals surface area contributed by atoms with E-state index in [0.717, 1.165) is 6.33 Å². The first-order valence-corrected chi connectivity index (χ1v) is 6.30. The Balaban J connectivity index is 2.06. The fourth-order valence-corrected chi connectivity index (χ4v) is 1.65. The maximum Gasteiger partial charge on any atom is 0.224 e. The normalized spacial score (nSPS) is 15.7. The zero-order valence-corrected chi connectivity index (χ0v) is 11.5. The van der Waals surface area contributed by atoms with E-state index in [1.165, 1.54) is 18.3 Å². The third-order valence-corrected chi connectivity index (χ3v) is 2.61. The van der Waals surface area contributed by atoms with Gasteiger partial charge in [-0.05, 0) is 36.4 Å². The van der Waals surface area contributed by atoms with E-state index >= 15 is 0 Å². The number of aromatic nitrogens is 5. The molecule has 0 aromatic carbocycles. The van der Waals surface area contributed by atoms with Gasteiger partial charge in [-0.3, -0.25) is 4.98 Å². The molecule has 1 N–H and O–H groups in total. The molecule has 21 heavy (non-hydrogen) atoms. The minimum atomic E-state index is -2.11. The van der Waals surface area contributed by atoms with Crippen LogP contribution in [-0.4, -0.2) is 42.5 Å². The lowest BCUT2D eigenvalue weighted by atomic mass is 10.1. The maximum absolute atomic E-state index is 14.1. The Kier molecular flexibility index (Phi) is 4.73. The average molecular weight is 299 g/mol.